The monoisotopic (exact) mass is 283 g/mol. The Morgan fingerprint density at radius 1 is 1.05 bits per heavy atom. The van der Waals surface area contributed by atoms with Crippen LogP contribution in [0.5, 0.6) is 11.5 Å². The summed E-state index contributed by atoms with van der Waals surface area (Å²) in [6.07, 6.45) is 0.751. The number of rotatable bonds is 6. The lowest BCUT2D eigenvalue weighted by molar-refractivity contribution is -0.123. The van der Waals surface area contributed by atoms with E-state index in [-0.39, 0.29) is 11.8 Å². The van der Waals surface area contributed by atoms with Crippen LogP contribution in [0.1, 0.15) is 19.4 Å². The van der Waals surface area contributed by atoms with Gasteiger partial charge in [0, 0.05) is 12.5 Å². The maximum Gasteiger partial charge on any atom is 0.222 e. The van der Waals surface area contributed by atoms with E-state index in [1.165, 1.54) is 0 Å². The van der Waals surface area contributed by atoms with Crippen LogP contribution in [0, 0.1) is 5.92 Å². The van der Waals surface area contributed by atoms with E-state index in [2.05, 4.69) is 5.32 Å². The fourth-order valence-corrected chi connectivity index (χ4v) is 1.95. The number of nitrogens with one attached hydrogen (secondary N) is 1. The van der Waals surface area contributed by atoms with Crippen molar-refractivity contribution in [1.29, 1.82) is 0 Å². The van der Waals surface area contributed by atoms with Crippen molar-refractivity contribution in [2.45, 2.75) is 20.3 Å². The summed E-state index contributed by atoms with van der Waals surface area (Å²) in [5.74, 6) is 1.75. The maximum absolute atomic E-state index is 11.6. The Labute approximate surface area is 126 Å². The first-order chi connectivity index (χ1) is 10.2. The van der Waals surface area contributed by atoms with Crippen LogP contribution in [0.2, 0.25) is 0 Å². The summed E-state index contributed by atoms with van der Waals surface area (Å²) in [5, 5.41) is 2.93. The highest BCUT2D eigenvalue weighted by Gasteiger charge is 2.07. The zero-order valence-corrected chi connectivity index (χ0v) is 12.5. The molecular weight excluding hydrogens is 262 g/mol. The molecule has 0 atom stereocenters. The Kier molecular flexibility index (Phi) is 5.38. The quantitative estimate of drug-likeness (QED) is 0.876. The molecule has 0 aliphatic carbocycles. The molecule has 0 aliphatic heterocycles. The molecule has 0 fully saturated rings. The molecular formula is C18H21NO2. The summed E-state index contributed by atoms with van der Waals surface area (Å²) >= 11 is 0. The number of ether oxygens (including phenoxy) is 1. The van der Waals surface area contributed by atoms with Crippen molar-refractivity contribution in [3.63, 3.8) is 0 Å². The first-order valence-corrected chi connectivity index (χ1v) is 7.25. The fourth-order valence-electron chi connectivity index (χ4n) is 1.95. The first kappa shape index (κ1) is 15.1. The number of amides is 1. The van der Waals surface area contributed by atoms with Gasteiger partial charge in [0.25, 0.3) is 0 Å². The average Bonchev–Trinajstić information content (AvgIpc) is 2.50. The van der Waals surface area contributed by atoms with E-state index in [0.717, 1.165) is 23.5 Å². The molecule has 2 aromatic carbocycles. The molecule has 21 heavy (non-hydrogen) atoms. The topological polar surface area (TPSA) is 38.3 Å². The molecule has 1 amide bonds. The van der Waals surface area contributed by atoms with Crippen LogP contribution in [0.3, 0.4) is 0 Å². The molecule has 0 spiro atoms. The standard InChI is InChI=1S/C18H21NO2/c1-14(2)18(20)19-13-12-15-8-6-7-11-17(15)21-16-9-4-3-5-10-16/h3-11,14H,12-13H2,1-2H3,(H,19,20). The SMILES string of the molecule is CC(C)C(=O)NCCc1ccccc1Oc1ccccc1. The van der Waals surface area contributed by atoms with Gasteiger partial charge >= 0.3 is 0 Å². The Hall–Kier alpha value is -2.29. The number of para-hydroxylation sites is 2. The molecule has 0 heterocycles. The largest absolute Gasteiger partial charge is 0.457 e. The average molecular weight is 283 g/mol. The summed E-state index contributed by atoms with van der Waals surface area (Å²) in [6.45, 7) is 4.40. The zero-order chi connectivity index (χ0) is 15.1. The Morgan fingerprint density at radius 3 is 2.43 bits per heavy atom. The van der Waals surface area contributed by atoms with Crippen molar-refractivity contribution in [2.24, 2.45) is 5.92 Å². The molecule has 0 radical (unpaired) electrons. The van der Waals surface area contributed by atoms with Crippen LogP contribution in [-0.2, 0) is 11.2 Å². The lowest BCUT2D eigenvalue weighted by Crippen LogP contribution is -2.29. The minimum atomic E-state index is 0.0146. The third-order valence-electron chi connectivity index (χ3n) is 3.16. The van der Waals surface area contributed by atoms with Gasteiger partial charge < -0.3 is 10.1 Å². The van der Waals surface area contributed by atoms with Crippen molar-refractivity contribution >= 4 is 5.91 Å². The highest BCUT2D eigenvalue weighted by Crippen LogP contribution is 2.25. The van der Waals surface area contributed by atoms with E-state index in [0.29, 0.717) is 6.54 Å². The summed E-state index contributed by atoms with van der Waals surface area (Å²) in [5.41, 5.74) is 1.09. The highest BCUT2D eigenvalue weighted by atomic mass is 16.5. The molecule has 0 unspecified atom stereocenters. The van der Waals surface area contributed by atoms with Gasteiger partial charge in [-0.2, -0.15) is 0 Å². The fraction of sp³-hybridized carbons (Fsp3) is 0.278. The normalized spacial score (nSPS) is 10.4. The van der Waals surface area contributed by atoms with Crippen molar-refractivity contribution in [1.82, 2.24) is 5.32 Å². The highest BCUT2D eigenvalue weighted by molar-refractivity contribution is 5.77. The second kappa shape index (κ2) is 7.48. The van der Waals surface area contributed by atoms with E-state index < -0.39 is 0 Å². The van der Waals surface area contributed by atoms with Crippen molar-refractivity contribution < 1.29 is 9.53 Å². The Bertz CT molecular complexity index is 579. The van der Waals surface area contributed by atoms with Gasteiger partial charge in [0.05, 0.1) is 0 Å². The number of carbonyl (C=O) groups is 1. The molecule has 0 saturated heterocycles. The summed E-state index contributed by atoms with van der Waals surface area (Å²) in [7, 11) is 0. The van der Waals surface area contributed by atoms with E-state index >= 15 is 0 Å². The van der Waals surface area contributed by atoms with Crippen LogP contribution < -0.4 is 10.1 Å². The molecule has 1 N–H and O–H groups in total. The predicted molar refractivity (Wildman–Crippen MR) is 84.5 cm³/mol. The van der Waals surface area contributed by atoms with Crippen LogP contribution >= 0.6 is 0 Å². The van der Waals surface area contributed by atoms with E-state index in [1.807, 2.05) is 68.4 Å². The minimum absolute atomic E-state index is 0.0146. The molecule has 0 saturated carbocycles. The number of benzene rings is 2. The number of hydrogen-bond acceptors (Lipinski definition) is 2. The maximum atomic E-state index is 11.6. The van der Waals surface area contributed by atoms with Crippen molar-refractivity contribution in [3.8, 4) is 11.5 Å². The van der Waals surface area contributed by atoms with Crippen molar-refractivity contribution in [3.05, 3.63) is 60.2 Å². The second-order valence-electron chi connectivity index (χ2n) is 5.22. The van der Waals surface area contributed by atoms with E-state index in [1.54, 1.807) is 0 Å². The van der Waals surface area contributed by atoms with Gasteiger partial charge in [-0.1, -0.05) is 50.2 Å². The van der Waals surface area contributed by atoms with Gasteiger partial charge in [0.2, 0.25) is 5.91 Å². The molecule has 3 nitrogen and oxygen atoms in total. The van der Waals surface area contributed by atoms with Crippen LogP contribution in [0.4, 0.5) is 0 Å². The molecule has 0 bridgehead atoms. The Balaban J connectivity index is 1.99. The van der Waals surface area contributed by atoms with Crippen LogP contribution in [0.25, 0.3) is 0 Å². The third kappa shape index (κ3) is 4.63. The second-order valence-corrected chi connectivity index (χ2v) is 5.22. The Morgan fingerprint density at radius 2 is 1.71 bits per heavy atom. The summed E-state index contributed by atoms with van der Waals surface area (Å²) in [6, 6.07) is 17.6. The van der Waals surface area contributed by atoms with Crippen molar-refractivity contribution in [2.75, 3.05) is 6.54 Å². The first-order valence-electron chi connectivity index (χ1n) is 7.25. The molecule has 3 heteroatoms. The van der Waals surface area contributed by atoms with Gasteiger partial charge in [-0.05, 0) is 30.2 Å². The lowest BCUT2D eigenvalue weighted by atomic mass is 10.1. The third-order valence-corrected chi connectivity index (χ3v) is 3.16. The summed E-state index contributed by atoms with van der Waals surface area (Å²) < 4.78 is 5.90. The van der Waals surface area contributed by atoms with Gasteiger partial charge in [-0.3, -0.25) is 4.79 Å². The van der Waals surface area contributed by atoms with Gasteiger partial charge in [-0.15, -0.1) is 0 Å². The summed E-state index contributed by atoms with van der Waals surface area (Å²) in [4.78, 5) is 11.6. The van der Waals surface area contributed by atoms with E-state index in [9.17, 15) is 4.79 Å². The minimum Gasteiger partial charge on any atom is -0.457 e. The van der Waals surface area contributed by atoms with Gasteiger partial charge in [-0.25, -0.2) is 0 Å². The molecule has 110 valence electrons. The number of hydrogen-bond donors (Lipinski definition) is 1. The van der Waals surface area contributed by atoms with Crippen LogP contribution in [0.15, 0.2) is 54.6 Å². The van der Waals surface area contributed by atoms with Crippen LogP contribution in [-0.4, -0.2) is 12.5 Å². The zero-order valence-electron chi connectivity index (χ0n) is 12.5. The molecule has 0 aliphatic rings. The number of carbonyl (C=O) groups excluding carboxylic acids is 1. The molecule has 2 rings (SSSR count). The predicted octanol–water partition coefficient (Wildman–Crippen LogP) is 3.79. The van der Waals surface area contributed by atoms with Gasteiger partial charge in [0.1, 0.15) is 11.5 Å². The van der Waals surface area contributed by atoms with E-state index in [4.69, 9.17) is 4.74 Å². The lowest BCUT2D eigenvalue weighted by Gasteiger charge is -2.12. The molecule has 0 aromatic heterocycles. The smallest absolute Gasteiger partial charge is 0.222 e. The molecule has 2 aromatic rings. The van der Waals surface area contributed by atoms with Gasteiger partial charge in [0.15, 0.2) is 0 Å².